The Morgan fingerprint density at radius 1 is 1.29 bits per heavy atom. The minimum absolute atomic E-state index is 0.528. The standard InChI is InChI=1S/C10H16N2.C2H6N2O/c1-4-9-8(2)6-5-7-10(9)12(3)11;1-4(3)2-5/h5-7H,4,11H2,1-3H3;2H,3H2,1H3. The maximum Gasteiger partial charge on any atom is 0.223 e. The number of hydrogen-bond donors (Lipinski definition) is 2. The highest BCUT2D eigenvalue weighted by Gasteiger charge is 2.04. The van der Waals surface area contributed by atoms with Crippen LogP contribution in [0.2, 0.25) is 0 Å². The summed E-state index contributed by atoms with van der Waals surface area (Å²) in [4.78, 5) is 9.31. The van der Waals surface area contributed by atoms with Crippen molar-refractivity contribution in [3.05, 3.63) is 29.3 Å². The second-order valence-corrected chi connectivity index (χ2v) is 3.81. The molecule has 0 aromatic heterocycles. The number of nitrogens with zero attached hydrogens (tertiary/aromatic N) is 2. The van der Waals surface area contributed by atoms with Crippen LogP contribution in [0.15, 0.2) is 18.2 Å². The van der Waals surface area contributed by atoms with Crippen LogP contribution in [0.5, 0.6) is 0 Å². The molecule has 1 aromatic carbocycles. The normalized spacial score (nSPS) is 9.06. The fourth-order valence-electron chi connectivity index (χ4n) is 1.48. The van der Waals surface area contributed by atoms with Crippen molar-refractivity contribution in [1.82, 2.24) is 5.01 Å². The third kappa shape index (κ3) is 5.33. The number of carbonyl (C=O) groups excluding carboxylic acids is 1. The first kappa shape index (κ1) is 15.4. The molecule has 17 heavy (non-hydrogen) atoms. The van der Waals surface area contributed by atoms with Gasteiger partial charge in [0.05, 0.1) is 5.69 Å². The van der Waals surface area contributed by atoms with E-state index in [0.717, 1.165) is 17.1 Å². The van der Waals surface area contributed by atoms with Gasteiger partial charge in [0, 0.05) is 14.1 Å². The van der Waals surface area contributed by atoms with Gasteiger partial charge in [0.2, 0.25) is 6.41 Å². The molecular formula is C12H22N4O. The van der Waals surface area contributed by atoms with Crippen LogP contribution < -0.4 is 16.7 Å². The number of anilines is 1. The lowest BCUT2D eigenvalue weighted by atomic mass is 10.0. The van der Waals surface area contributed by atoms with Crippen molar-refractivity contribution >= 4 is 12.1 Å². The Morgan fingerprint density at radius 3 is 2.12 bits per heavy atom. The summed E-state index contributed by atoms with van der Waals surface area (Å²) in [5.74, 6) is 10.4. The quantitative estimate of drug-likeness (QED) is 0.354. The van der Waals surface area contributed by atoms with Gasteiger partial charge in [-0.1, -0.05) is 19.1 Å². The molecule has 0 aliphatic rings. The number of nitrogens with two attached hydrogens (primary N) is 2. The summed E-state index contributed by atoms with van der Waals surface area (Å²) in [7, 11) is 3.33. The van der Waals surface area contributed by atoms with Crippen LogP contribution in [0.4, 0.5) is 5.69 Å². The summed E-state index contributed by atoms with van der Waals surface area (Å²) in [6.07, 6.45) is 1.56. The predicted molar refractivity (Wildman–Crippen MR) is 71.2 cm³/mol. The molecule has 0 aliphatic heterocycles. The van der Waals surface area contributed by atoms with E-state index < -0.39 is 0 Å². The average molecular weight is 238 g/mol. The van der Waals surface area contributed by atoms with Crippen LogP contribution >= 0.6 is 0 Å². The van der Waals surface area contributed by atoms with Crippen molar-refractivity contribution in [2.75, 3.05) is 19.1 Å². The zero-order chi connectivity index (χ0) is 13.4. The number of hydrogen-bond acceptors (Lipinski definition) is 4. The van der Waals surface area contributed by atoms with Gasteiger partial charge >= 0.3 is 0 Å². The van der Waals surface area contributed by atoms with E-state index in [0.29, 0.717) is 6.41 Å². The Bertz CT molecular complexity index is 350. The molecule has 0 saturated carbocycles. The molecule has 0 radical (unpaired) electrons. The Kier molecular flexibility index (Phi) is 6.93. The van der Waals surface area contributed by atoms with Gasteiger partial charge in [0.1, 0.15) is 0 Å². The van der Waals surface area contributed by atoms with Gasteiger partial charge in [0.25, 0.3) is 0 Å². The molecule has 0 heterocycles. The minimum Gasteiger partial charge on any atom is -0.314 e. The van der Waals surface area contributed by atoms with Crippen molar-refractivity contribution in [3.63, 3.8) is 0 Å². The number of carbonyl (C=O) groups is 1. The van der Waals surface area contributed by atoms with Crippen LogP contribution in [0.3, 0.4) is 0 Å². The number of rotatable bonds is 3. The molecule has 1 amide bonds. The first-order valence-corrected chi connectivity index (χ1v) is 5.43. The van der Waals surface area contributed by atoms with E-state index in [1.165, 1.54) is 18.2 Å². The predicted octanol–water partition coefficient (Wildman–Crippen LogP) is 0.816. The Balaban J connectivity index is 0.000000437. The fraction of sp³-hybridized carbons (Fsp3) is 0.417. The highest BCUT2D eigenvalue weighted by Crippen LogP contribution is 2.21. The van der Waals surface area contributed by atoms with Crippen molar-refractivity contribution in [2.24, 2.45) is 11.7 Å². The molecule has 4 N–H and O–H groups in total. The molecule has 0 atom stereocenters. The first-order chi connectivity index (χ1) is 7.93. The largest absolute Gasteiger partial charge is 0.314 e. The first-order valence-electron chi connectivity index (χ1n) is 5.43. The zero-order valence-corrected chi connectivity index (χ0v) is 11.0. The van der Waals surface area contributed by atoms with Gasteiger partial charge in [0.15, 0.2) is 0 Å². The van der Waals surface area contributed by atoms with E-state index in [2.05, 4.69) is 19.9 Å². The van der Waals surface area contributed by atoms with E-state index in [1.54, 1.807) is 5.01 Å². The summed E-state index contributed by atoms with van der Waals surface area (Å²) in [5, 5.41) is 2.62. The van der Waals surface area contributed by atoms with Gasteiger partial charge in [-0.3, -0.25) is 9.80 Å². The topological polar surface area (TPSA) is 75.6 Å². The second-order valence-electron chi connectivity index (χ2n) is 3.81. The molecule has 0 unspecified atom stereocenters. The minimum atomic E-state index is 0.528. The molecular weight excluding hydrogens is 216 g/mol. The lowest BCUT2D eigenvalue weighted by molar-refractivity contribution is -0.117. The monoisotopic (exact) mass is 238 g/mol. The summed E-state index contributed by atoms with van der Waals surface area (Å²) in [5.41, 5.74) is 3.77. The van der Waals surface area contributed by atoms with Crippen LogP contribution in [0, 0.1) is 6.92 Å². The number of aryl methyl sites for hydroxylation is 1. The van der Waals surface area contributed by atoms with Crippen molar-refractivity contribution in [3.8, 4) is 0 Å². The average Bonchev–Trinajstić information content (AvgIpc) is 2.29. The maximum atomic E-state index is 9.31. The fourth-order valence-corrected chi connectivity index (χ4v) is 1.48. The molecule has 0 saturated heterocycles. The molecule has 0 bridgehead atoms. The van der Waals surface area contributed by atoms with Crippen molar-refractivity contribution < 1.29 is 4.79 Å². The highest BCUT2D eigenvalue weighted by atomic mass is 16.1. The lowest BCUT2D eigenvalue weighted by Crippen LogP contribution is -2.26. The molecule has 0 spiro atoms. The molecule has 1 rings (SSSR count). The smallest absolute Gasteiger partial charge is 0.223 e. The van der Waals surface area contributed by atoms with Crippen LogP contribution in [-0.2, 0) is 11.2 Å². The SMILES string of the molecule is CCc1c(C)cccc1N(C)N.CN(N)C=O. The van der Waals surface area contributed by atoms with E-state index in [4.69, 9.17) is 11.7 Å². The lowest BCUT2D eigenvalue weighted by Gasteiger charge is -2.17. The number of benzene rings is 1. The van der Waals surface area contributed by atoms with E-state index >= 15 is 0 Å². The van der Waals surface area contributed by atoms with E-state index in [1.807, 2.05) is 19.2 Å². The zero-order valence-electron chi connectivity index (χ0n) is 11.0. The molecule has 5 nitrogen and oxygen atoms in total. The molecule has 0 fully saturated rings. The summed E-state index contributed by atoms with van der Waals surface area (Å²) < 4.78 is 0. The van der Waals surface area contributed by atoms with E-state index in [-0.39, 0.29) is 0 Å². The van der Waals surface area contributed by atoms with Crippen LogP contribution in [-0.4, -0.2) is 25.5 Å². The Morgan fingerprint density at radius 2 is 1.82 bits per heavy atom. The molecule has 5 heteroatoms. The van der Waals surface area contributed by atoms with Gasteiger partial charge in [-0.25, -0.2) is 11.7 Å². The summed E-state index contributed by atoms with van der Waals surface area (Å²) in [6, 6.07) is 6.20. The Hall–Kier alpha value is -1.59. The van der Waals surface area contributed by atoms with Crippen molar-refractivity contribution in [2.45, 2.75) is 20.3 Å². The third-order valence-corrected chi connectivity index (χ3v) is 2.29. The van der Waals surface area contributed by atoms with Crippen LogP contribution in [0.1, 0.15) is 18.1 Å². The van der Waals surface area contributed by atoms with Gasteiger partial charge in [-0.2, -0.15) is 0 Å². The van der Waals surface area contributed by atoms with Gasteiger partial charge in [-0.15, -0.1) is 0 Å². The maximum absolute atomic E-state index is 9.31. The summed E-state index contributed by atoms with van der Waals surface area (Å²) in [6.45, 7) is 4.27. The number of hydrazine groups is 2. The van der Waals surface area contributed by atoms with E-state index in [9.17, 15) is 4.79 Å². The highest BCUT2D eigenvalue weighted by molar-refractivity contribution is 5.55. The Labute approximate surface area is 103 Å². The van der Waals surface area contributed by atoms with Gasteiger partial charge in [-0.05, 0) is 30.5 Å². The van der Waals surface area contributed by atoms with Gasteiger partial charge < -0.3 is 5.01 Å². The molecule has 96 valence electrons. The molecule has 1 aromatic rings. The van der Waals surface area contributed by atoms with Crippen molar-refractivity contribution in [1.29, 1.82) is 0 Å². The second kappa shape index (κ2) is 7.65. The van der Waals surface area contributed by atoms with Crippen LogP contribution in [0.25, 0.3) is 0 Å². The number of amides is 1. The third-order valence-electron chi connectivity index (χ3n) is 2.29. The summed E-state index contributed by atoms with van der Waals surface area (Å²) >= 11 is 0. The molecule has 0 aliphatic carbocycles.